The Balaban J connectivity index is 4.57. The Morgan fingerprint density at radius 3 is 1.50 bits per heavy atom. The highest BCUT2D eigenvalue weighted by Gasteiger charge is 2.52. The quantitative estimate of drug-likeness (QED) is 0.541. The van der Waals surface area contributed by atoms with Crippen LogP contribution in [0.15, 0.2) is 0 Å². The zero-order valence-electron chi connectivity index (χ0n) is 7.21. The van der Waals surface area contributed by atoms with Gasteiger partial charge in [-0.1, -0.05) is 0 Å². The van der Waals surface area contributed by atoms with E-state index in [0.717, 1.165) is 6.54 Å². The zero-order chi connectivity index (χ0) is 9.83. The first-order chi connectivity index (χ1) is 5.43. The Kier molecular flexibility index (Phi) is 3.95. The van der Waals surface area contributed by atoms with E-state index in [-0.39, 0.29) is 0 Å². The monoisotopic (exact) mass is 184 g/mol. The molecule has 0 saturated heterocycles. The van der Waals surface area contributed by atoms with Gasteiger partial charge in [-0.15, -0.1) is 0 Å². The second kappa shape index (κ2) is 4.06. The summed E-state index contributed by atoms with van der Waals surface area (Å²) in [5.41, 5.74) is -2.16. The first-order valence-corrected chi connectivity index (χ1v) is 3.39. The van der Waals surface area contributed by atoms with E-state index in [2.05, 4.69) is 16.0 Å². The summed E-state index contributed by atoms with van der Waals surface area (Å²) in [6, 6.07) is 0. The van der Waals surface area contributed by atoms with E-state index in [1.807, 2.05) is 0 Å². The predicted octanol–water partition coefficient (Wildman–Crippen LogP) is 0.0650. The van der Waals surface area contributed by atoms with Crippen molar-refractivity contribution in [1.82, 2.24) is 16.0 Å². The van der Waals surface area contributed by atoms with E-state index in [0.29, 0.717) is 0 Å². The fourth-order valence-electron chi connectivity index (χ4n) is 0.851. The summed E-state index contributed by atoms with van der Waals surface area (Å²) in [6.07, 6.45) is -4.38. The minimum Gasteiger partial charge on any atom is -0.312 e. The van der Waals surface area contributed by atoms with Crippen LogP contribution in [0.25, 0.3) is 0 Å². The smallest absolute Gasteiger partial charge is 0.312 e. The molecule has 0 amide bonds. The number of rotatable bonds is 4. The maximum Gasteiger partial charge on any atom is 0.421 e. The molecule has 0 fully saturated rings. The van der Waals surface area contributed by atoms with Crippen LogP contribution in [0.4, 0.5) is 13.2 Å². The number of hydrogen-bond donors (Lipinski definition) is 3. The van der Waals surface area contributed by atoms with Gasteiger partial charge in [0.25, 0.3) is 0 Å². The topological polar surface area (TPSA) is 36.1 Å². The lowest BCUT2D eigenvalue weighted by Crippen LogP contribution is -2.66. The number of alkyl halides is 3. The lowest BCUT2D eigenvalue weighted by atomic mass is 10.1. The second-order valence-electron chi connectivity index (χ2n) is 2.24. The Morgan fingerprint density at radius 2 is 1.42 bits per heavy atom. The number of nitrogens with one attached hydrogen (secondary N) is 3. The molecule has 0 unspecified atom stereocenters. The van der Waals surface area contributed by atoms with Crippen LogP contribution in [0.2, 0.25) is 0 Å². The molecule has 0 aliphatic heterocycles. The van der Waals surface area contributed by atoms with Crippen molar-refractivity contribution < 1.29 is 13.2 Å². The van der Waals surface area contributed by atoms with Gasteiger partial charge in [-0.05, 0) is 21.1 Å². The van der Waals surface area contributed by atoms with E-state index >= 15 is 0 Å². The van der Waals surface area contributed by atoms with Crippen molar-refractivity contribution in [2.75, 3.05) is 21.1 Å². The van der Waals surface area contributed by atoms with Gasteiger partial charge >= 0.3 is 6.18 Å². The fourth-order valence-corrected chi connectivity index (χ4v) is 0.851. The number of hydrogen-bond acceptors (Lipinski definition) is 3. The van der Waals surface area contributed by atoms with Crippen LogP contribution >= 0.6 is 0 Å². The summed E-state index contributed by atoms with van der Waals surface area (Å²) >= 11 is 0. The SMILES string of the molecule is CN[CH]C(NC)(NC)C(F)(F)F. The number of halogens is 3. The van der Waals surface area contributed by atoms with Gasteiger partial charge in [-0.25, -0.2) is 0 Å². The molecule has 0 rings (SSSR count). The van der Waals surface area contributed by atoms with Gasteiger partial charge in [0.1, 0.15) is 0 Å². The van der Waals surface area contributed by atoms with Crippen molar-refractivity contribution in [3.63, 3.8) is 0 Å². The molecule has 0 aromatic rings. The van der Waals surface area contributed by atoms with Gasteiger partial charge in [-0.2, -0.15) is 13.2 Å². The van der Waals surface area contributed by atoms with Crippen molar-refractivity contribution >= 4 is 0 Å². The highest BCUT2D eigenvalue weighted by Crippen LogP contribution is 2.28. The summed E-state index contributed by atoms with van der Waals surface area (Å²) in [4.78, 5) is 0. The molecule has 3 N–H and O–H groups in total. The Morgan fingerprint density at radius 1 is 1.00 bits per heavy atom. The van der Waals surface area contributed by atoms with Crippen LogP contribution in [-0.2, 0) is 0 Å². The average molecular weight is 184 g/mol. The largest absolute Gasteiger partial charge is 0.421 e. The van der Waals surface area contributed by atoms with E-state index in [9.17, 15) is 13.2 Å². The number of likely N-dealkylation sites (N-methyl/N-ethyl adjacent to an activating group) is 3. The normalized spacial score (nSPS) is 13.5. The summed E-state index contributed by atoms with van der Waals surface area (Å²) in [5, 5.41) is 6.65. The van der Waals surface area contributed by atoms with Crippen molar-refractivity contribution in [3.05, 3.63) is 6.54 Å². The van der Waals surface area contributed by atoms with Crippen LogP contribution in [0.1, 0.15) is 0 Å². The van der Waals surface area contributed by atoms with E-state index in [4.69, 9.17) is 0 Å². The third-order valence-corrected chi connectivity index (χ3v) is 1.60. The third-order valence-electron chi connectivity index (χ3n) is 1.60. The summed E-state index contributed by atoms with van der Waals surface area (Å²) in [5.74, 6) is 0. The molecular formula is C6H13F3N3. The molecule has 6 heteroatoms. The molecule has 73 valence electrons. The van der Waals surface area contributed by atoms with Crippen LogP contribution in [-0.4, -0.2) is 33.0 Å². The minimum absolute atomic E-state index is 0.910. The molecule has 0 bridgehead atoms. The maximum absolute atomic E-state index is 12.4. The molecule has 12 heavy (non-hydrogen) atoms. The molecule has 0 spiro atoms. The van der Waals surface area contributed by atoms with Gasteiger partial charge in [-0.3, -0.25) is 10.6 Å². The van der Waals surface area contributed by atoms with Crippen LogP contribution < -0.4 is 16.0 Å². The average Bonchev–Trinajstić information content (AvgIpc) is 1.98. The predicted molar refractivity (Wildman–Crippen MR) is 40.3 cm³/mol. The summed E-state index contributed by atoms with van der Waals surface area (Å²) < 4.78 is 37.1. The summed E-state index contributed by atoms with van der Waals surface area (Å²) in [6.45, 7) is 0.910. The molecule has 3 nitrogen and oxygen atoms in total. The minimum atomic E-state index is -4.38. The molecule has 1 radical (unpaired) electrons. The molecule has 0 saturated carbocycles. The van der Waals surface area contributed by atoms with E-state index in [1.54, 1.807) is 0 Å². The third kappa shape index (κ3) is 2.09. The molecule has 0 aliphatic rings. The summed E-state index contributed by atoms with van der Waals surface area (Å²) in [7, 11) is 3.88. The van der Waals surface area contributed by atoms with E-state index < -0.39 is 11.8 Å². The maximum atomic E-state index is 12.4. The lowest BCUT2D eigenvalue weighted by molar-refractivity contribution is -0.194. The first kappa shape index (κ1) is 11.7. The fraction of sp³-hybridized carbons (Fsp3) is 0.833. The standard InChI is InChI=1S/C6H13F3N3/c1-10-4-5(11-2,12-3)6(7,8)9/h4,10-12H,1-3H3. The van der Waals surface area contributed by atoms with Crippen LogP contribution in [0.3, 0.4) is 0 Å². The van der Waals surface area contributed by atoms with Crippen LogP contribution in [0.5, 0.6) is 0 Å². The molecule has 0 aromatic carbocycles. The van der Waals surface area contributed by atoms with Crippen molar-refractivity contribution in [2.45, 2.75) is 11.8 Å². The van der Waals surface area contributed by atoms with Gasteiger partial charge < -0.3 is 5.32 Å². The molecule has 0 aromatic heterocycles. The molecular weight excluding hydrogens is 171 g/mol. The highest BCUT2D eigenvalue weighted by molar-refractivity contribution is 5.00. The molecule has 0 atom stereocenters. The zero-order valence-corrected chi connectivity index (χ0v) is 7.21. The highest BCUT2D eigenvalue weighted by atomic mass is 19.4. The van der Waals surface area contributed by atoms with Gasteiger partial charge in [0.15, 0.2) is 5.66 Å². The molecule has 0 aliphatic carbocycles. The van der Waals surface area contributed by atoms with Gasteiger partial charge in [0, 0.05) is 0 Å². The van der Waals surface area contributed by atoms with Gasteiger partial charge in [0.2, 0.25) is 0 Å². The lowest BCUT2D eigenvalue weighted by Gasteiger charge is -2.34. The van der Waals surface area contributed by atoms with Crippen molar-refractivity contribution in [3.8, 4) is 0 Å². The van der Waals surface area contributed by atoms with Gasteiger partial charge in [0.05, 0.1) is 6.54 Å². The Labute approximate surface area is 69.7 Å². The second-order valence-corrected chi connectivity index (χ2v) is 2.24. The first-order valence-electron chi connectivity index (χ1n) is 3.39. The van der Waals surface area contributed by atoms with Crippen molar-refractivity contribution in [2.24, 2.45) is 0 Å². The van der Waals surface area contributed by atoms with Crippen LogP contribution in [0, 0.1) is 6.54 Å². The Bertz CT molecular complexity index is 130. The molecule has 0 heterocycles. The Hall–Kier alpha value is -0.330. The van der Waals surface area contributed by atoms with Crippen molar-refractivity contribution in [1.29, 1.82) is 0 Å². The van der Waals surface area contributed by atoms with E-state index in [1.165, 1.54) is 21.1 Å².